The van der Waals surface area contributed by atoms with Gasteiger partial charge in [0.25, 0.3) is 0 Å². The van der Waals surface area contributed by atoms with Gasteiger partial charge < -0.3 is 0 Å². The van der Waals surface area contributed by atoms with Gasteiger partial charge in [-0.05, 0) is 41.7 Å². The summed E-state index contributed by atoms with van der Waals surface area (Å²) in [6.45, 7) is 19.7. The molecule has 0 fully saturated rings. The van der Waals surface area contributed by atoms with E-state index in [4.69, 9.17) is 0 Å². The average Bonchev–Trinajstić information content (AvgIpc) is 2.42. The molecule has 0 bridgehead atoms. The zero-order valence-electron chi connectivity index (χ0n) is 12.1. The van der Waals surface area contributed by atoms with Gasteiger partial charge in [-0.3, -0.25) is 0 Å². The smallest absolute Gasteiger partial charge is 0.0109 e. The summed E-state index contributed by atoms with van der Waals surface area (Å²) in [5.74, 6) is 0. The Morgan fingerprint density at radius 2 is 1.44 bits per heavy atom. The lowest BCUT2D eigenvalue weighted by Crippen LogP contribution is -1.94. The monoisotopic (exact) mass is 240 g/mol. The first-order valence-corrected chi connectivity index (χ1v) is 6.37. The summed E-state index contributed by atoms with van der Waals surface area (Å²) >= 11 is 0. The SMILES string of the molecule is C=Cc1cc(C)c(/C=C\C)c(C=C)c1C=C.CC. The molecule has 0 atom stereocenters. The van der Waals surface area contributed by atoms with Crippen molar-refractivity contribution in [3.05, 3.63) is 59.7 Å². The topological polar surface area (TPSA) is 0 Å². The van der Waals surface area contributed by atoms with Crippen molar-refractivity contribution >= 4 is 24.3 Å². The summed E-state index contributed by atoms with van der Waals surface area (Å²) in [4.78, 5) is 0. The Kier molecular flexibility index (Phi) is 7.46. The highest BCUT2D eigenvalue weighted by molar-refractivity contribution is 5.80. The van der Waals surface area contributed by atoms with Crippen LogP contribution < -0.4 is 0 Å². The van der Waals surface area contributed by atoms with Crippen molar-refractivity contribution in [2.45, 2.75) is 27.7 Å². The van der Waals surface area contributed by atoms with Crippen LogP contribution >= 0.6 is 0 Å². The van der Waals surface area contributed by atoms with E-state index in [-0.39, 0.29) is 0 Å². The average molecular weight is 240 g/mol. The molecule has 0 heteroatoms. The lowest BCUT2D eigenvalue weighted by Gasteiger charge is -2.13. The number of rotatable bonds is 4. The van der Waals surface area contributed by atoms with Crippen LogP contribution in [0.15, 0.2) is 31.9 Å². The van der Waals surface area contributed by atoms with E-state index in [0.29, 0.717) is 0 Å². The second-order valence-corrected chi connectivity index (χ2v) is 3.64. The number of aryl methyl sites for hydroxylation is 1. The molecule has 1 aromatic carbocycles. The van der Waals surface area contributed by atoms with Crippen LogP contribution in [0.5, 0.6) is 0 Å². The third-order valence-corrected chi connectivity index (χ3v) is 2.65. The quantitative estimate of drug-likeness (QED) is 0.607. The number of hydrogen-bond acceptors (Lipinski definition) is 0. The molecule has 0 radical (unpaired) electrons. The maximum Gasteiger partial charge on any atom is -0.0109 e. The Balaban J connectivity index is 0.00000137. The summed E-state index contributed by atoms with van der Waals surface area (Å²) in [7, 11) is 0. The molecule has 0 amide bonds. The van der Waals surface area contributed by atoms with Crippen molar-refractivity contribution in [3.63, 3.8) is 0 Å². The van der Waals surface area contributed by atoms with Crippen LogP contribution in [0.2, 0.25) is 0 Å². The van der Waals surface area contributed by atoms with Gasteiger partial charge in [0.15, 0.2) is 0 Å². The van der Waals surface area contributed by atoms with Crippen LogP contribution in [-0.4, -0.2) is 0 Å². The predicted molar refractivity (Wildman–Crippen MR) is 87.5 cm³/mol. The van der Waals surface area contributed by atoms with E-state index in [1.165, 1.54) is 11.1 Å². The maximum absolute atomic E-state index is 3.88. The summed E-state index contributed by atoms with van der Waals surface area (Å²) < 4.78 is 0. The minimum Gasteiger partial charge on any atom is -0.0984 e. The fourth-order valence-corrected chi connectivity index (χ4v) is 1.91. The molecule has 0 aromatic heterocycles. The molecule has 0 saturated heterocycles. The summed E-state index contributed by atoms with van der Waals surface area (Å²) in [6, 6.07) is 2.13. The third kappa shape index (κ3) is 3.33. The summed E-state index contributed by atoms with van der Waals surface area (Å²) in [6.07, 6.45) is 9.74. The predicted octanol–water partition coefficient (Wildman–Crippen LogP) is 5.98. The number of allylic oxidation sites excluding steroid dienone is 1. The number of hydrogen-bond donors (Lipinski definition) is 0. The van der Waals surface area contributed by atoms with Crippen molar-refractivity contribution in [1.29, 1.82) is 0 Å². The molecule has 1 aromatic rings. The summed E-state index contributed by atoms with van der Waals surface area (Å²) in [5.41, 5.74) is 5.77. The minimum absolute atomic E-state index is 1.10. The van der Waals surface area contributed by atoms with Crippen LogP contribution in [0.25, 0.3) is 24.3 Å². The van der Waals surface area contributed by atoms with E-state index in [2.05, 4.69) is 38.8 Å². The van der Waals surface area contributed by atoms with E-state index >= 15 is 0 Å². The molecule has 0 unspecified atom stereocenters. The fraction of sp³-hybridized carbons (Fsp3) is 0.222. The van der Waals surface area contributed by atoms with E-state index in [0.717, 1.165) is 16.7 Å². The van der Waals surface area contributed by atoms with Crippen molar-refractivity contribution < 1.29 is 0 Å². The normalized spacial score (nSPS) is 9.56. The van der Waals surface area contributed by atoms with Crippen LogP contribution in [-0.2, 0) is 0 Å². The van der Waals surface area contributed by atoms with E-state index in [9.17, 15) is 0 Å². The van der Waals surface area contributed by atoms with Crippen molar-refractivity contribution in [3.8, 4) is 0 Å². The fourth-order valence-electron chi connectivity index (χ4n) is 1.91. The molecule has 18 heavy (non-hydrogen) atoms. The Labute approximate surface area is 112 Å². The minimum atomic E-state index is 1.10. The second-order valence-electron chi connectivity index (χ2n) is 3.64. The second kappa shape index (κ2) is 8.30. The van der Waals surface area contributed by atoms with Crippen LogP contribution in [0, 0.1) is 6.92 Å². The van der Waals surface area contributed by atoms with Gasteiger partial charge in [0.05, 0.1) is 0 Å². The van der Waals surface area contributed by atoms with Crippen molar-refractivity contribution in [2.75, 3.05) is 0 Å². The lowest BCUT2D eigenvalue weighted by molar-refractivity contribution is 1.40. The van der Waals surface area contributed by atoms with Crippen molar-refractivity contribution in [2.24, 2.45) is 0 Å². The molecule has 0 aliphatic carbocycles. The Hall–Kier alpha value is -1.82. The largest absolute Gasteiger partial charge is 0.0984 e. The van der Waals surface area contributed by atoms with Crippen molar-refractivity contribution in [1.82, 2.24) is 0 Å². The first-order chi connectivity index (χ1) is 8.69. The number of benzene rings is 1. The van der Waals surface area contributed by atoms with Gasteiger partial charge in [-0.2, -0.15) is 0 Å². The first-order valence-electron chi connectivity index (χ1n) is 6.37. The highest BCUT2D eigenvalue weighted by Crippen LogP contribution is 2.27. The Morgan fingerprint density at radius 3 is 1.83 bits per heavy atom. The Bertz CT molecular complexity index is 459. The molecular weight excluding hydrogens is 216 g/mol. The highest BCUT2D eigenvalue weighted by atomic mass is 14.1. The molecule has 0 saturated carbocycles. The molecule has 0 N–H and O–H groups in total. The van der Waals surface area contributed by atoms with Crippen LogP contribution in [0.3, 0.4) is 0 Å². The molecule has 0 nitrogen and oxygen atoms in total. The van der Waals surface area contributed by atoms with Crippen LogP contribution in [0.1, 0.15) is 48.6 Å². The van der Waals surface area contributed by atoms with Gasteiger partial charge in [0.2, 0.25) is 0 Å². The van der Waals surface area contributed by atoms with E-state index in [1.54, 1.807) is 0 Å². The van der Waals surface area contributed by atoms with Gasteiger partial charge >= 0.3 is 0 Å². The molecular formula is C18H24. The summed E-state index contributed by atoms with van der Waals surface area (Å²) in [5, 5.41) is 0. The van der Waals surface area contributed by atoms with Crippen LogP contribution in [0.4, 0.5) is 0 Å². The molecule has 0 heterocycles. The standard InChI is InChI=1S/C16H18.C2H6/c1-6-10-16-12(5)11-13(7-2)14(8-3)15(16)9-4;1-2/h6-11H,2-4H2,1,5H3;1-2H3/b10-6-;. The molecule has 0 spiro atoms. The van der Waals surface area contributed by atoms with E-state index in [1.807, 2.05) is 45.1 Å². The Morgan fingerprint density at radius 1 is 0.889 bits per heavy atom. The zero-order valence-corrected chi connectivity index (χ0v) is 12.1. The van der Waals surface area contributed by atoms with Gasteiger partial charge in [0.1, 0.15) is 0 Å². The van der Waals surface area contributed by atoms with E-state index < -0.39 is 0 Å². The molecule has 0 aliphatic heterocycles. The molecule has 96 valence electrons. The van der Waals surface area contributed by atoms with Gasteiger partial charge in [-0.25, -0.2) is 0 Å². The molecule has 0 aliphatic rings. The first kappa shape index (κ1) is 16.2. The maximum atomic E-state index is 3.88. The lowest BCUT2D eigenvalue weighted by atomic mass is 9.91. The zero-order chi connectivity index (χ0) is 14.1. The molecule has 1 rings (SSSR count). The van der Waals surface area contributed by atoms with Gasteiger partial charge in [-0.15, -0.1) is 0 Å². The highest BCUT2D eigenvalue weighted by Gasteiger charge is 2.08. The van der Waals surface area contributed by atoms with Gasteiger partial charge in [0, 0.05) is 0 Å². The van der Waals surface area contributed by atoms with Gasteiger partial charge in [-0.1, -0.05) is 70.0 Å². The third-order valence-electron chi connectivity index (χ3n) is 2.65.